The summed E-state index contributed by atoms with van der Waals surface area (Å²) in [5.41, 5.74) is 3.47. The van der Waals surface area contributed by atoms with Gasteiger partial charge in [-0.1, -0.05) is 18.2 Å². The van der Waals surface area contributed by atoms with Gasteiger partial charge in [0.2, 0.25) is 0 Å². The molecule has 0 radical (unpaired) electrons. The van der Waals surface area contributed by atoms with Gasteiger partial charge in [0.15, 0.2) is 0 Å². The summed E-state index contributed by atoms with van der Waals surface area (Å²) in [7, 11) is 4.16. The number of aromatic nitrogens is 1. The third-order valence-corrected chi connectivity index (χ3v) is 2.85. The molecule has 0 aliphatic carbocycles. The molecule has 2 aromatic rings. The largest absolute Gasteiger partial charge is 0.383 e. The second kappa shape index (κ2) is 5.15. The molecule has 0 atom stereocenters. The van der Waals surface area contributed by atoms with Crippen molar-refractivity contribution in [3.63, 3.8) is 0 Å². The first-order valence-electron chi connectivity index (χ1n) is 5.91. The molecule has 1 aromatic heterocycles. The lowest BCUT2D eigenvalue weighted by molar-refractivity contribution is 0.425. The third kappa shape index (κ3) is 2.74. The lowest BCUT2D eigenvalue weighted by atomic mass is 10.1. The number of benzene rings is 1. The van der Waals surface area contributed by atoms with Gasteiger partial charge in [-0.05, 0) is 32.6 Å². The number of anilines is 1. The molecule has 2 rings (SSSR count). The fourth-order valence-electron chi connectivity index (χ4n) is 1.89. The van der Waals surface area contributed by atoms with Crippen molar-refractivity contribution in [2.24, 2.45) is 0 Å². The first-order valence-corrected chi connectivity index (χ1v) is 5.91. The maximum Gasteiger partial charge on any atom is 0.0751 e. The highest BCUT2D eigenvalue weighted by atomic mass is 15.1. The molecule has 0 saturated carbocycles. The molecule has 0 saturated heterocycles. The number of aryl methyl sites for hydroxylation is 1. The number of hydrogen-bond acceptors (Lipinski definition) is 3. The molecular weight excluding hydrogens is 210 g/mol. The van der Waals surface area contributed by atoms with Crippen molar-refractivity contribution in [2.45, 2.75) is 6.92 Å². The third-order valence-electron chi connectivity index (χ3n) is 2.85. The Morgan fingerprint density at radius 1 is 1.24 bits per heavy atom. The fourth-order valence-corrected chi connectivity index (χ4v) is 1.89. The van der Waals surface area contributed by atoms with Crippen LogP contribution in [0.3, 0.4) is 0 Å². The Balaban J connectivity index is 2.25. The number of hydrogen-bond donors (Lipinski definition) is 1. The predicted octanol–water partition coefficient (Wildman–Crippen LogP) is 2.52. The van der Waals surface area contributed by atoms with E-state index in [-0.39, 0.29) is 0 Å². The molecule has 0 fully saturated rings. The van der Waals surface area contributed by atoms with Gasteiger partial charge in [0, 0.05) is 30.4 Å². The van der Waals surface area contributed by atoms with Gasteiger partial charge in [-0.25, -0.2) is 0 Å². The SMILES string of the molecule is Cc1cccc2c(NCCN(C)C)ccnc12. The highest BCUT2D eigenvalue weighted by molar-refractivity contribution is 5.92. The summed E-state index contributed by atoms with van der Waals surface area (Å²) in [5.74, 6) is 0. The molecule has 0 bridgehead atoms. The van der Waals surface area contributed by atoms with Crippen LogP contribution >= 0.6 is 0 Å². The lowest BCUT2D eigenvalue weighted by Gasteiger charge is -2.13. The van der Waals surface area contributed by atoms with Gasteiger partial charge >= 0.3 is 0 Å². The molecule has 17 heavy (non-hydrogen) atoms. The minimum absolute atomic E-state index is 0.944. The van der Waals surface area contributed by atoms with Crippen molar-refractivity contribution in [1.29, 1.82) is 0 Å². The molecule has 3 nitrogen and oxygen atoms in total. The zero-order valence-electron chi connectivity index (χ0n) is 10.7. The Morgan fingerprint density at radius 2 is 2.06 bits per heavy atom. The van der Waals surface area contributed by atoms with E-state index >= 15 is 0 Å². The second-order valence-corrected chi connectivity index (χ2v) is 4.56. The first kappa shape index (κ1) is 11.9. The summed E-state index contributed by atoms with van der Waals surface area (Å²) >= 11 is 0. The Kier molecular flexibility index (Phi) is 3.59. The maximum absolute atomic E-state index is 4.43. The van der Waals surface area contributed by atoms with Crippen LogP contribution in [0, 0.1) is 6.92 Å². The van der Waals surface area contributed by atoms with Gasteiger partial charge in [0.25, 0.3) is 0 Å². The molecule has 1 aromatic carbocycles. The first-order chi connectivity index (χ1) is 8.18. The zero-order valence-corrected chi connectivity index (χ0v) is 10.7. The Hall–Kier alpha value is -1.61. The number of likely N-dealkylation sites (N-methyl/N-ethyl adjacent to an activating group) is 1. The standard InChI is InChI=1S/C14H19N3/c1-11-5-4-6-12-13(7-8-16-14(11)12)15-9-10-17(2)3/h4-8H,9-10H2,1-3H3,(H,15,16). The summed E-state index contributed by atoms with van der Waals surface area (Å²) in [6.45, 7) is 4.06. The van der Waals surface area contributed by atoms with E-state index in [4.69, 9.17) is 0 Å². The summed E-state index contributed by atoms with van der Waals surface area (Å²) in [6, 6.07) is 8.33. The molecule has 0 amide bonds. The monoisotopic (exact) mass is 229 g/mol. The molecule has 0 spiro atoms. The molecule has 90 valence electrons. The van der Waals surface area contributed by atoms with Gasteiger partial charge in [-0.2, -0.15) is 0 Å². The van der Waals surface area contributed by atoms with Crippen LogP contribution in [-0.4, -0.2) is 37.1 Å². The number of rotatable bonds is 4. The highest BCUT2D eigenvalue weighted by Gasteiger charge is 2.02. The molecule has 3 heteroatoms. The average Bonchev–Trinajstić information content (AvgIpc) is 2.30. The predicted molar refractivity (Wildman–Crippen MR) is 73.5 cm³/mol. The van der Waals surface area contributed by atoms with Crippen LogP contribution in [-0.2, 0) is 0 Å². The fraction of sp³-hybridized carbons (Fsp3) is 0.357. The highest BCUT2D eigenvalue weighted by Crippen LogP contribution is 2.23. The van der Waals surface area contributed by atoms with Crippen LogP contribution in [0.1, 0.15) is 5.56 Å². The van der Waals surface area contributed by atoms with Gasteiger partial charge in [0.05, 0.1) is 5.52 Å². The summed E-state index contributed by atoms with van der Waals surface area (Å²) in [4.78, 5) is 6.60. The van der Waals surface area contributed by atoms with Gasteiger partial charge in [-0.15, -0.1) is 0 Å². The van der Waals surface area contributed by atoms with Gasteiger partial charge in [-0.3, -0.25) is 4.98 Å². The summed E-state index contributed by atoms with van der Waals surface area (Å²) in [5, 5.41) is 4.66. The summed E-state index contributed by atoms with van der Waals surface area (Å²) in [6.07, 6.45) is 1.87. The topological polar surface area (TPSA) is 28.2 Å². The van der Waals surface area contributed by atoms with Crippen LogP contribution in [0.2, 0.25) is 0 Å². The number of nitrogens with one attached hydrogen (secondary N) is 1. The van der Waals surface area contributed by atoms with Crippen LogP contribution in [0.4, 0.5) is 5.69 Å². The van der Waals surface area contributed by atoms with E-state index in [1.807, 2.05) is 12.3 Å². The van der Waals surface area contributed by atoms with E-state index in [9.17, 15) is 0 Å². The lowest BCUT2D eigenvalue weighted by Crippen LogP contribution is -2.20. The normalized spacial score (nSPS) is 11.1. The Morgan fingerprint density at radius 3 is 2.82 bits per heavy atom. The van der Waals surface area contributed by atoms with Crippen LogP contribution in [0.5, 0.6) is 0 Å². The van der Waals surface area contributed by atoms with E-state index in [2.05, 4.69) is 54.4 Å². The van der Waals surface area contributed by atoms with E-state index in [0.717, 1.165) is 18.6 Å². The Bertz CT molecular complexity index is 506. The van der Waals surface area contributed by atoms with Crippen molar-refractivity contribution in [3.8, 4) is 0 Å². The Labute approximate surface area is 102 Å². The molecular formula is C14H19N3. The van der Waals surface area contributed by atoms with Gasteiger partial charge < -0.3 is 10.2 Å². The molecule has 1 heterocycles. The van der Waals surface area contributed by atoms with Crippen LogP contribution < -0.4 is 5.32 Å². The van der Waals surface area contributed by atoms with Crippen molar-refractivity contribution in [1.82, 2.24) is 9.88 Å². The minimum Gasteiger partial charge on any atom is -0.383 e. The van der Waals surface area contributed by atoms with E-state index in [1.54, 1.807) is 0 Å². The van der Waals surface area contributed by atoms with Crippen molar-refractivity contribution in [2.75, 3.05) is 32.5 Å². The quantitative estimate of drug-likeness (QED) is 0.873. The van der Waals surface area contributed by atoms with Crippen molar-refractivity contribution in [3.05, 3.63) is 36.0 Å². The number of nitrogens with zero attached hydrogens (tertiary/aromatic N) is 2. The minimum atomic E-state index is 0.944. The zero-order chi connectivity index (χ0) is 12.3. The average molecular weight is 229 g/mol. The van der Waals surface area contributed by atoms with Crippen molar-refractivity contribution >= 4 is 16.6 Å². The number of pyridine rings is 1. The van der Waals surface area contributed by atoms with Crippen LogP contribution in [0.15, 0.2) is 30.5 Å². The molecule has 1 N–H and O–H groups in total. The van der Waals surface area contributed by atoms with E-state index in [0.29, 0.717) is 0 Å². The maximum atomic E-state index is 4.43. The number of para-hydroxylation sites is 1. The summed E-state index contributed by atoms with van der Waals surface area (Å²) < 4.78 is 0. The molecule has 0 aliphatic heterocycles. The van der Waals surface area contributed by atoms with E-state index in [1.165, 1.54) is 16.6 Å². The molecule has 0 unspecified atom stereocenters. The van der Waals surface area contributed by atoms with Gasteiger partial charge in [0.1, 0.15) is 0 Å². The van der Waals surface area contributed by atoms with Crippen molar-refractivity contribution < 1.29 is 0 Å². The molecule has 0 aliphatic rings. The number of fused-ring (bicyclic) bond motifs is 1. The smallest absolute Gasteiger partial charge is 0.0751 e. The van der Waals surface area contributed by atoms with Crippen LogP contribution in [0.25, 0.3) is 10.9 Å². The second-order valence-electron chi connectivity index (χ2n) is 4.56. The van der Waals surface area contributed by atoms with E-state index < -0.39 is 0 Å².